The van der Waals surface area contributed by atoms with Gasteiger partial charge in [-0.15, -0.1) is 0 Å². The number of fused-ring (bicyclic) bond motifs is 1. The van der Waals surface area contributed by atoms with Gasteiger partial charge in [0.15, 0.2) is 0 Å². The third-order valence-corrected chi connectivity index (χ3v) is 6.23. The number of benzene rings is 2. The molecular formula is C32H48N4O3. The van der Waals surface area contributed by atoms with Crippen molar-refractivity contribution >= 4 is 30.2 Å². The second kappa shape index (κ2) is 19.0. The van der Waals surface area contributed by atoms with E-state index in [9.17, 15) is 9.59 Å². The van der Waals surface area contributed by atoms with Crippen molar-refractivity contribution in [3.63, 3.8) is 0 Å². The Labute approximate surface area is 235 Å². The average Bonchev–Trinajstić information content (AvgIpc) is 3.10. The van der Waals surface area contributed by atoms with E-state index < -0.39 is 0 Å². The normalized spacial score (nSPS) is 12.2. The lowest BCUT2D eigenvalue weighted by Gasteiger charge is -2.16. The van der Waals surface area contributed by atoms with Crippen LogP contribution in [0.5, 0.6) is 0 Å². The molecule has 7 nitrogen and oxygen atoms in total. The number of aliphatic hydroxyl groups is 1. The van der Waals surface area contributed by atoms with E-state index in [4.69, 9.17) is 10.8 Å². The fourth-order valence-electron chi connectivity index (χ4n) is 4.26. The van der Waals surface area contributed by atoms with Crippen LogP contribution in [0.4, 0.5) is 5.69 Å². The molecule has 2 aromatic rings. The highest BCUT2D eigenvalue weighted by molar-refractivity contribution is 5.98. The Hall–Kier alpha value is -3.13. The van der Waals surface area contributed by atoms with E-state index in [1.54, 1.807) is 0 Å². The molecule has 2 aromatic carbocycles. The standard InChI is InChI=1S/C23H25N3O3.C7H17N.C2H6/c1-26(8-9-27)7-6-19-12-17(3-5-21(19)15-29)18-2-4-20-10-16(14-28)11-23(24)25-22(20)13-18;1-4-6-8(3)7-5-2;1-2/h2-5,10,12-15,27H,6-9,11H2,1H3,(H2,24,25);4-7H2,1-3H3;1-2H3. The SMILES string of the molecule is CC.CCCN(C)CCC.CN(CCO)CCc1cc(-c2ccc3c(c2)N=C(N)CC(C=O)=C3)ccc1C=O. The van der Waals surface area contributed by atoms with Crippen molar-refractivity contribution in [3.8, 4) is 11.1 Å². The number of nitrogens with zero attached hydrogens (tertiary/aromatic N) is 3. The minimum atomic E-state index is 0.107. The molecule has 1 aliphatic rings. The van der Waals surface area contributed by atoms with Crippen LogP contribution in [0.1, 0.15) is 68.4 Å². The van der Waals surface area contributed by atoms with E-state index in [-0.39, 0.29) is 6.61 Å². The van der Waals surface area contributed by atoms with Gasteiger partial charge in [0.1, 0.15) is 18.4 Å². The number of nitrogens with two attached hydrogens (primary N) is 1. The molecule has 0 amide bonds. The first-order valence-electron chi connectivity index (χ1n) is 14.0. The smallest absolute Gasteiger partial charge is 0.150 e. The van der Waals surface area contributed by atoms with Crippen LogP contribution in [-0.2, 0) is 11.2 Å². The van der Waals surface area contributed by atoms with Crippen LogP contribution in [0.3, 0.4) is 0 Å². The number of hydrogen-bond acceptors (Lipinski definition) is 7. The fraction of sp³-hybridized carbons (Fsp3) is 0.469. The highest BCUT2D eigenvalue weighted by Gasteiger charge is 2.12. The Bertz CT molecular complexity index is 1090. The van der Waals surface area contributed by atoms with Crippen molar-refractivity contribution in [2.24, 2.45) is 10.7 Å². The maximum absolute atomic E-state index is 11.5. The zero-order valence-corrected chi connectivity index (χ0v) is 24.7. The molecular weight excluding hydrogens is 488 g/mol. The highest BCUT2D eigenvalue weighted by atomic mass is 16.3. The summed E-state index contributed by atoms with van der Waals surface area (Å²) in [4.78, 5) is 31.5. The average molecular weight is 537 g/mol. The summed E-state index contributed by atoms with van der Waals surface area (Å²) >= 11 is 0. The topological polar surface area (TPSA) is 99.2 Å². The lowest BCUT2D eigenvalue weighted by Crippen LogP contribution is -2.24. The fourth-order valence-corrected chi connectivity index (χ4v) is 4.26. The van der Waals surface area contributed by atoms with Crippen molar-refractivity contribution in [2.75, 3.05) is 46.9 Å². The van der Waals surface area contributed by atoms with Crippen LogP contribution in [0.25, 0.3) is 17.2 Å². The number of likely N-dealkylation sites (N-methyl/N-ethyl adjacent to an activating group) is 1. The van der Waals surface area contributed by atoms with E-state index >= 15 is 0 Å². The van der Waals surface area contributed by atoms with Crippen molar-refractivity contribution in [1.82, 2.24) is 9.80 Å². The van der Waals surface area contributed by atoms with Crippen LogP contribution in [0, 0.1) is 0 Å². The van der Waals surface area contributed by atoms with Gasteiger partial charge in [-0.3, -0.25) is 9.59 Å². The number of carbonyl (C=O) groups is 2. The summed E-state index contributed by atoms with van der Waals surface area (Å²) in [5, 5.41) is 9.05. The lowest BCUT2D eigenvalue weighted by molar-refractivity contribution is -0.104. The Morgan fingerprint density at radius 2 is 1.51 bits per heavy atom. The van der Waals surface area contributed by atoms with E-state index in [1.165, 1.54) is 25.9 Å². The molecule has 0 saturated heterocycles. The minimum absolute atomic E-state index is 0.107. The first-order chi connectivity index (χ1) is 18.8. The third kappa shape index (κ3) is 11.6. The van der Waals surface area contributed by atoms with Crippen LogP contribution >= 0.6 is 0 Å². The van der Waals surface area contributed by atoms with Gasteiger partial charge in [-0.25, -0.2) is 4.99 Å². The summed E-state index contributed by atoms with van der Waals surface area (Å²) < 4.78 is 0. The summed E-state index contributed by atoms with van der Waals surface area (Å²) in [5.41, 5.74) is 11.7. The predicted molar refractivity (Wildman–Crippen MR) is 165 cm³/mol. The van der Waals surface area contributed by atoms with E-state index in [0.29, 0.717) is 36.4 Å². The van der Waals surface area contributed by atoms with Gasteiger partial charge in [-0.2, -0.15) is 0 Å². The molecule has 0 unspecified atom stereocenters. The van der Waals surface area contributed by atoms with Gasteiger partial charge in [0.2, 0.25) is 0 Å². The zero-order valence-electron chi connectivity index (χ0n) is 24.7. The predicted octanol–water partition coefficient (Wildman–Crippen LogP) is 5.37. The lowest BCUT2D eigenvalue weighted by atomic mass is 9.96. The zero-order chi connectivity index (χ0) is 29.2. The summed E-state index contributed by atoms with van der Waals surface area (Å²) in [6.07, 6.45) is 7.09. The van der Waals surface area contributed by atoms with Gasteiger partial charge < -0.3 is 20.6 Å². The number of aliphatic imine (C=N–C) groups is 1. The summed E-state index contributed by atoms with van der Waals surface area (Å²) in [5.74, 6) is 0.406. The number of rotatable bonds is 12. The molecule has 0 aromatic heterocycles. The molecule has 0 radical (unpaired) electrons. The molecule has 0 spiro atoms. The minimum Gasteiger partial charge on any atom is -0.395 e. The van der Waals surface area contributed by atoms with E-state index in [1.807, 2.05) is 68.3 Å². The highest BCUT2D eigenvalue weighted by Crippen LogP contribution is 2.32. The van der Waals surface area contributed by atoms with E-state index in [0.717, 1.165) is 47.1 Å². The molecule has 39 heavy (non-hydrogen) atoms. The summed E-state index contributed by atoms with van der Waals surface area (Å²) in [6, 6.07) is 11.6. The Morgan fingerprint density at radius 1 is 0.897 bits per heavy atom. The molecule has 3 N–H and O–H groups in total. The van der Waals surface area contributed by atoms with Crippen molar-refractivity contribution in [2.45, 2.75) is 53.4 Å². The molecule has 0 aliphatic carbocycles. The monoisotopic (exact) mass is 536 g/mol. The Balaban J connectivity index is 0.000000654. The summed E-state index contributed by atoms with van der Waals surface area (Å²) in [6.45, 7) is 12.4. The van der Waals surface area contributed by atoms with Crippen molar-refractivity contribution < 1.29 is 14.7 Å². The third-order valence-electron chi connectivity index (χ3n) is 6.23. The summed E-state index contributed by atoms with van der Waals surface area (Å²) in [7, 11) is 4.11. The molecule has 1 aliphatic heterocycles. The number of hydrogen-bond donors (Lipinski definition) is 2. The Kier molecular flexibility index (Phi) is 16.5. The first kappa shape index (κ1) is 33.9. The molecule has 0 saturated carbocycles. The van der Waals surface area contributed by atoms with Crippen LogP contribution in [0.15, 0.2) is 47.0 Å². The number of aldehydes is 2. The number of amidine groups is 1. The van der Waals surface area contributed by atoms with Gasteiger partial charge in [0.05, 0.1) is 12.3 Å². The maximum Gasteiger partial charge on any atom is 0.150 e. The van der Waals surface area contributed by atoms with Gasteiger partial charge in [0.25, 0.3) is 0 Å². The van der Waals surface area contributed by atoms with Gasteiger partial charge >= 0.3 is 0 Å². The molecule has 1 heterocycles. The molecule has 0 fully saturated rings. The maximum atomic E-state index is 11.5. The molecule has 0 atom stereocenters. The largest absolute Gasteiger partial charge is 0.395 e. The van der Waals surface area contributed by atoms with Crippen molar-refractivity contribution in [1.29, 1.82) is 0 Å². The van der Waals surface area contributed by atoms with Gasteiger partial charge in [-0.05, 0) is 75.3 Å². The first-order valence-corrected chi connectivity index (χ1v) is 14.0. The molecule has 0 bridgehead atoms. The van der Waals surface area contributed by atoms with E-state index in [2.05, 4.69) is 30.8 Å². The number of aliphatic hydroxyl groups excluding tert-OH is 1. The molecule has 7 heteroatoms. The van der Waals surface area contributed by atoms with Gasteiger partial charge in [0, 0.05) is 36.2 Å². The van der Waals surface area contributed by atoms with Crippen molar-refractivity contribution in [3.05, 3.63) is 58.7 Å². The Morgan fingerprint density at radius 3 is 2.10 bits per heavy atom. The van der Waals surface area contributed by atoms with Gasteiger partial charge in [-0.1, -0.05) is 58.0 Å². The quantitative estimate of drug-likeness (QED) is 0.354. The van der Waals surface area contributed by atoms with Crippen LogP contribution in [0.2, 0.25) is 0 Å². The van der Waals surface area contributed by atoms with Crippen LogP contribution < -0.4 is 5.73 Å². The molecule has 214 valence electrons. The van der Waals surface area contributed by atoms with Crippen LogP contribution in [-0.4, -0.2) is 80.2 Å². The molecule has 3 rings (SSSR count). The second-order valence-corrected chi connectivity index (χ2v) is 9.50. The number of carbonyl (C=O) groups excluding carboxylic acids is 2. The second-order valence-electron chi connectivity index (χ2n) is 9.50.